The lowest BCUT2D eigenvalue weighted by Gasteiger charge is -2.30. The van der Waals surface area contributed by atoms with E-state index in [0.29, 0.717) is 36.5 Å². The van der Waals surface area contributed by atoms with Gasteiger partial charge < -0.3 is 19.5 Å². The van der Waals surface area contributed by atoms with E-state index in [9.17, 15) is 10.1 Å². The molecule has 9 nitrogen and oxygen atoms in total. The highest BCUT2D eigenvalue weighted by molar-refractivity contribution is 5.96. The zero-order valence-corrected chi connectivity index (χ0v) is 20.8. The molecule has 6 rings (SSSR count). The number of benzene rings is 2. The number of amides is 1. The van der Waals surface area contributed by atoms with Gasteiger partial charge in [-0.2, -0.15) is 5.26 Å². The minimum absolute atomic E-state index is 0.0661. The highest BCUT2D eigenvalue weighted by atomic mass is 16.6. The van der Waals surface area contributed by atoms with Gasteiger partial charge in [0.2, 0.25) is 0 Å². The van der Waals surface area contributed by atoms with Crippen LogP contribution in [0, 0.1) is 17.2 Å². The van der Waals surface area contributed by atoms with E-state index in [0.717, 1.165) is 59.4 Å². The summed E-state index contributed by atoms with van der Waals surface area (Å²) >= 11 is 0. The van der Waals surface area contributed by atoms with Gasteiger partial charge in [-0.25, -0.2) is 10.2 Å². The van der Waals surface area contributed by atoms with Crippen molar-refractivity contribution in [3.05, 3.63) is 48.0 Å². The first kappa shape index (κ1) is 23.4. The molecule has 1 aliphatic heterocycles. The Labute approximate surface area is 215 Å². The second-order valence-corrected chi connectivity index (χ2v) is 9.97. The number of carbonyl (C=O) groups excluding carboxylic acids is 1. The lowest BCUT2D eigenvalue weighted by molar-refractivity contribution is 0.108. The lowest BCUT2D eigenvalue weighted by Crippen LogP contribution is -2.33. The third-order valence-corrected chi connectivity index (χ3v) is 7.47. The molecule has 2 saturated carbocycles. The average Bonchev–Trinajstić information content (AvgIpc) is 3.51. The largest absolute Gasteiger partial charge is 0.486 e. The minimum atomic E-state index is -0.435. The second-order valence-electron chi connectivity index (χ2n) is 9.97. The third-order valence-electron chi connectivity index (χ3n) is 7.47. The molecule has 2 aliphatic carbocycles. The number of anilines is 1. The molecule has 1 atom stereocenters. The fourth-order valence-electron chi connectivity index (χ4n) is 5.04. The summed E-state index contributed by atoms with van der Waals surface area (Å²) in [5.74, 6) is 1.98. The predicted octanol–water partition coefficient (Wildman–Crippen LogP) is 5.09. The summed E-state index contributed by atoms with van der Waals surface area (Å²) in [5.41, 5.74) is 10.1. The number of aliphatic imine (C=N–C) groups is 1. The topological polar surface area (TPSA) is 113 Å². The zero-order valence-electron chi connectivity index (χ0n) is 20.8. The maximum absolute atomic E-state index is 12.3. The molecular formula is C28H30N6O3. The van der Waals surface area contributed by atoms with Crippen LogP contribution < -0.4 is 20.9 Å². The van der Waals surface area contributed by atoms with E-state index in [-0.39, 0.29) is 6.10 Å². The van der Waals surface area contributed by atoms with Crippen molar-refractivity contribution in [2.75, 3.05) is 18.6 Å². The first-order valence-electron chi connectivity index (χ1n) is 12.9. The Balaban J connectivity index is 1.29. The second kappa shape index (κ2) is 9.79. The molecule has 0 bridgehead atoms. The number of hydrogen-bond acceptors (Lipinski definition) is 7. The van der Waals surface area contributed by atoms with Crippen LogP contribution in [0.4, 0.5) is 10.5 Å². The summed E-state index contributed by atoms with van der Waals surface area (Å²) < 4.78 is 13.8. The molecule has 0 spiro atoms. The smallest absolute Gasteiger partial charge is 0.411 e. The van der Waals surface area contributed by atoms with Crippen molar-refractivity contribution in [2.24, 2.45) is 10.9 Å². The first-order valence-corrected chi connectivity index (χ1v) is 12.9. The van der Waals surface area contributed by atoms with Gasteiger partial charge in [0.05, 0.1) is 16.8 Å². The minimum Gasteiger partial charge on any atom is -0.486 e. The number of rotatable bonds is 8. The number of carbonyl (C=O) groups is 1. The summed E-state index contributed by atoms with van der Waals surface area (Å²) in [7, 11) is 0. The number of nitrogens with one attached hydrogen (secondary N) is 3. The van der Waals surface area contributed by atoms with Gasteiger partial charge in [0.15, 0.2) is 5.84 Å². The molecule has 2 aromatic carbocycles. The van der Waals surface area contributed by atoms with Crippen molar-refractivity contribution >= 4 is 28.5 Å². The molecule has 2 fully saturated rings. The summed E-state index contributed by atoms with van der Waals surface area (Å²) in [6, 6.07) is 16.3. The Bertz CT molecular complexity index is 1400. The molecule has 9 heteroatoms. The number of nitrogens with zero attached hydrogens (tertiary/aromatic N) is 3. The SMILES string of the molecule is CC(OC(=O)Nc1ccc(-c2c(C#N)c3ccc(OCC4=NCNN4)cc3n2C2CCC2)cc1)C1CC1. The number of fused-ring (bicyclic) bond motifs is 1. The number of aromatic nitrogens is 1. The monoisotopic (exact) mass is 498 g/mol. The number of ether oxygens (including phenoxy) is 2. The Hall–Kier alpha value is -4.03. The normalized spacial score (nSPS) is 17.9. The van der Waals surface area contributed by atoms with Crippen LogP contribution in [-0.4, -0.2) is 35.9 Å². The average molecular weight is 499 g/mol. The molecule has 2 heterocycles. The van der Waals surface area contributed by atoms with Gasteiger partial charge in [-0.1, -0.05) is 12.1 Å². The Morgan fingerprint density at radius 2 is 2.03 bits per heavy atom. The fraction of sp³-hybridized carbons (Fsp3) is 0.393. The molecule has 3 aromatic rings. The van der Waals surface area contributed by atoms with Crippen LogP contribution in [-0.2, 0) is 4.74 Å². The summed E-state index contributed by atoms with van der Waals surface area (Å²) in [6.07, 6.45) is 5.06. The maximum atomic E-state index is 12.3. The molecule has 190 valence electrons. The maximum Gasteiger partial charge on any atom is 0.411 e. The number of amidine groups is 1. The van der Waals surface area contributed by atoms with Crippen molar-refractivity contribution in [1.82, 2.24) is 15.4 Å². The van der Waals surface area contributed by atoms with Gasteiger partial charge in [-0.05, 0) is 74.8 Å². The lowest BCUT2D eigenvalue weighted by atomic mass is 9.92. The molecule has 3 aliphatic rings. The van der Waals surface area contributed by atoms with E-state index in [1.807, 2.05) is 49.4 Å². The van der Waals surface area contributed by atoms with E-state index >= 15 is 0 Å². The van der Waals surface area contributed by atoms with Gasteiger partial charge in [0, 0.05) is 23.2 Å². The zero-order chi connectivity index (χ0) is 25.4. The van der Waals surface area contributed by atoms with E-state index in [4.69, 9.17) is 9.47 Å². The Morgan fingerprint density at radius 1 is 1.22 bits per heavy atom. The van der Waals surface area contributed by atoms with Crippen LogP contribution in [0.5, 0.6) is 5.75 Å². The fourth-order valence-corrected chi connectivity index (χ4v) is 5.04. The van der Waals surface area contributed by atoms with Crippen molar-refractivity contribution in [2.45, 2.75) is 51.2 Å². The molecule has 1 aromatic heterocycles. The van der Waals surface area contributed by atoms with E-state index in [1.165, 1.54) is 6.42 Å². The number of hydrazine groups is 1. The van der Waals surface area contributed by atoms with Crippen LogP contribution in [0.3, 0.4) is 0 Å². The van der Waals surface area contributed by atoms with E-state index in [1.54, 1.807) is 0 Å². The number of nitriles is 1. The van der Waals surface area contributed by atoms with Crippen LogP contribution in [0.25, 0.3) is 22.2 Å². The van der Waals surface area contributed by atoms with Crippen molar-refractivity contribution in [3.63, 3.8) is 0 Å². The molecule has 3 N–H and O–H groups in total. The van der Waals surface area contributed by atoms with Crippen LogP contribution in [0.1, 0.15) is 50.6 Å². The van der Waals surface area contributed by atoms with Crippen molar-refractivity contribution in [3.8, 4) is 23.1 Å². The molecule has 0 saturated heterocycles. The van der Waals surface area contributed by atoms with Crippen LogP contribution in [0.15, 0.2) is 47.5 Å². The van der Waals surface area contributed by atoms with Gasteiger partial charge in [-0.15, -0.1) is 0 Å². The Morgan fingerprint density at radius 3 is 2.68 bits per heavy atom. The van der Waals surface area contributed by atoms with Gasteiger partial charge in [0.1, 0.15) is 31.2 Å². The summed E-state index contributed by atoms with van der Waals surface area (Å²) in [6.45, 7) is 2.82. The van der Waals surface area contributed by atoms with Gasteiger partial charge in [0.25, 0.3) is 0 Å². The molecule has 0 radical (unpaired) electrons. The quantitative estimate of drug-likeness (QED) is 0.399. The van der Waals surface area contributed by atoms with Crippen LogP contribution in [0.2, 0.25) is 0 Å². The summed E-state index contributed by atoms with van der Waals surface area (Å²) in [4.78, 5) is 16.6. The molecule has 1 unspecified atom stereocenters. The van der Waals surface area contributed by atoms with E-state index in [2.05, 4.69) is 31.8 Å². The van der Waals surface area contributed by atoms with Crippen LogP contribution >= 0.6 is 0 Å². The predicted molar refractivity (Wildman–Crippen MR) is 141 cm³/mol. The Kier molecular flexibility index (Phi) is 6.18. The highest BCUT2D eigenvalue weighted by Gasteiger charge is 2.31. The van der Waals surface area contributed by atoms with Gasteiger partial charge >= 0.3 is 6.09 Å². The first-order chi connectivity index (χ1) is 18.1. The van der Waals surface area contributed by atoms with Crippen molar-refractivity contribution in [1.29, 1.82) is 5.26 Å². The van der Waals surface area contributed by atoms with E-state index < -0.39 is 6.09 Å². The summed E-state index contributed by atoms with van der Waals surface area (Å²) in [5, 5.41) is 13.9. The van der Waals surface area contributed by atoms with Crippen molar-refractivity contribution < 1.29 is 14.3 Å². The standard InChI is InChI=1S/C28H30N6O3/c1-17(18-5-6-18)37-28(35)32-20-9-7-19(8-10-20)27-24(14-29)23-12-11-22(36-15-26-30-16-31-33-26)13-25(23)34(27)21-3-2-4-21/h7-13,17-18,21,31H,2-6,15-16H2,1H3,(H,30,33)(H,32,35). The highest BCUT2D eigenvalue weighted by Crippen LogP contribution is 2.43. The molecular weight excluding hydrogens is 468 g/mol. The molecule has 1 amide bonds. The number of hydrogen-bond donors (Lipinski definition) is 3. The molecule has 37 heavy (non-hydrogen) atoms. The van der Waals surface area contributed by atoms with Gasteiger partial charge in [-0.3, -0.25) is 10.3 Å². The third kappa shape index (κ3) is 4.72.